The fourth-order valence-electron chi connectivity index (χ4n) is 3.45. The van der Waals surface area contributed by atoms with Crippen molar-refractivity contribution in [2.75, 3.05) is 13.2 Å². The average molecular weight is 394 g/mol. The zero-order valence-corrected chi connectivity index (χ0v) is 16.7. The van der Waals surface area contributed by atoms with Crippen LogP contribution in [0.1, 0.15) is 36.7 Å². The SMILES string of the molecule is Cc1ccc(-c2nc(C3CCCCN3C(=O)COc3ccccc3)cs2)cn1. The van der Waals surface area contributed by atoms with Crippen LogP contribution in [0.25, 0.3) is 10.6 Å². The van der Waals surface area contributed by atoms with Crippen molar-refractivity contribution in [2.24, 2.45) is 0 Å². The van der Waals surface area contributed by atoms with E-state index in [1.807, 2.05) is 60.5 Å². The van der Waals surface area contributed by atoms with Crippen LogP contribution in [-0.4, -0.2) is 33.9 Å². The summed E-state index contributed by atoms with van der Waals surface area (Å²) >= 11 is 1.61. The largest absolute Gasteiger partial charge is 0.484 e. The number of aromatic nitrogens is 2. The molecule has 1 amide bonds. The average Bonchev–Trinajstić information content (AvgIpc) is 3.23. The van der Waals surface area contributed by atoms with Crippen LogP contribution in [0.4, 0.5) is 0 Å². The molecule has 3 heterocycles. The number of aryl methyl sites for hydroxylation is 1. The number of ether oxygens (including phenoxy) is 1. The predicted octanol–water partition coefficient (Wildman–Crippen LogP) is 4.65. The normalized spacial score (nSPS) is 16.8. The van der Waals surface area contributed by atoms with Crippen molar-refractivity contribution < 1.29 is 9.53 Å². The Morgan fingerprint density at radius 1 is 1.21 bits per heavy atom. The maximum absolute atomic E-state index is 12.8. The van der Waals surface area contributed by atoms with Gasteiger partial charge < -0.3 is 9.64 Å². The zero-order valence-electron chi connectivity index (χ0n) is 15.9. The Bertz CT molecular complexity index is 924. The van der Waals surface area contributed by atoms with Crippen molar-refractivity contribution in [2.45, 2.75) is 32.2 Å². The van der Waals surface area contributed by atoms with Gasteiger partial charge in [-0.2, -0.15) is 0 Å². The van der Waals surface area contributed by atoms with Gasteiger partial charge in [0.2, 0.25) is 0 Å². The molecule has 0 radical (unpaired) electrons. The molecule has 4 rings (SSSR count). The second-order valence-electron chi connectivity index (χ2n) is 6.97. The molecule has 1 atom stereocenters. The van der Waals surface area contributed by atoms with Crippen molar-refractivity contribution >= 4 is 17.2 Å². The third-order valence-corrected chi connectivity index (χ3v) is 5.86. The molecule has 144 valence electrons. The Labute approximate surface area is 169 Å². The molecule has 3 aromatic rings. The van der Waals surface area contributed by atoms with Crippen LogP contribution in [0.5, 0.6) is 5.75 Å². The number of likely N-dealkylation sites (tertiary alicyclic amines) is 1. The van der Waals surface area contributed by atoms with Gasteiger partial charge in [-0.05, 0) is 50.5 Å². The van der Waals surface area contributed by atoms with Crippen LogP contribution in [0.15, 0.2) is 54.0 Å². The molecule has 0 saturated carbocycles. The lowest BCUT2D eigenvalue weighted by Gasteiger charge is -2.34. The molecule has 28 heavy (non-hydrogen) atoms. The molecule has 1 unspecified atom stereocenters. The molecule has 0 spiro atoms. The van der Waals surface area contributed by atoms with Crippen LogP contribution in [0, 0.1) is 6.92 Å². The minimum absolute atomic E-state index is 0.0140. The van der Waals surface area contributed by atoms with Gasteiger partial charge in [0.1, 0.15) is 10.8 Å². The number of para-hydroxylation sites is 1. The van der Waals surface area contributed by atoms with E-state index in [2.05, 4.69) is 10.4 Å². The number of pyridine rings is 1. The number of carbonyl (C=O) groups excluding carboxylic acids is 1. The smallest absolute Gasteiger partial charge is 0.261 e. The van der Waals surface area contributed by atoms with E-state index in [1.165, 1.54) is 0 Å². The maximum atomic E-state index is 12.8. The number of benzene rings is 1. The molecule has 0 aliphatic carbocycles. The van der Waals surface area contributed by atoms with E-state index in [4.69, 9.17) is 9.72 Å². The summed E-state index contributed by atoms with van der Waals surface area (Å²) in [6.45, 7) is 2.78. The summed E-state index contributed by atoms with van der Waals surface area (Å²) in [6.07, 6.45) is 4.92. The van der Waals surface area contributed by atoms with Crippen molar-refractivity contribution in [3.8, 4) is 16.3 Å². The first-order valence-corrected chi connectivity index (χ1v) is 10.4. The molecule has 1 aliphatic rings. The summed E-state index contributed by atoms with van der Waals surface area (Å²) in [7, 11) is 0. The van der Waals surface area contributed by atoms with Gasteiger partial charge in [0.05, 0.1) is 11.7 Å². The molecule has 1 saturated heterocycles. The van der Waals surface area contributed by atoms with Gasteiger partial charge in [0.25, 0.3) is 5.91 Å². The fraction of sp³-hybridized carbons (Fsp3) is 0.318. The third-order valence-electron chi connectivity index (χ3n) is 4.95. The number of thiazole rings is 1. The summed E-state index contributed by atoms with van der Waals surface area (Å²) in [5.41, 5.74) is 2.97. The molecular weight excluding hydrogens is 370 g/mol. The van der Waals surface area contributed by atoms with E-state index in [9.17, 15) is 4.79 Å². The first-order chi connectivity index (χ1) is 13.7. The van der Waals surface area contributed by atoms with Crippen molar-refractivity contribution in [1.29, 1.82) is 0 Å². The van der Waals surface area contributed by atoms with E-state index < -0.39 is 0 Å². The van der Waals surface area contributed by atoms with Crippen LogP contribution in [0.3, 0.4) is 0 Å². The summed E-state index contributed by atoms with van der Waals surface area (Å²) in [4.78, 5) is 24.0. The lowest BCUT2D eigenvalue weighted by molar-refractivity contribution is -0.137. The highest BCUT2D eigenvalue weighted by Crippen LogP contribution is 2.34. The minimum atomic E-state index is 0.0140. The van der Waals surface area contributed by atoms with E-state index in [0.717, 1.165) is 47.8 Å². The first-order valence-electron chi connectivity index (χ1n) is 9.56. The quantitative estimate of drug-likeness (QED) is 0.633. The van der Waals surface area contributed by atoms with Crippen molar-refractivity contribution in [3.63, 3.8) is 0 Å². The summed E-state index contributed by atoms with van der Waals surface area (Å²) in [5.74, 6) is 0.729. The predicted molar refractivity (Wildman–Crippen MR) is 110 cm³/mol. The van der Waals surface area contributed by atoms with Gasteiger partial charge in [-0.15, -0.1) is 11.3 Å². The first kappa shape index (κ1) is 18.6. The molecule has 0 N–H and O–H groups in total. The second kappa shape index (κ2) is 8.52. The summed E-state index contributed by atoms with van der Waals surface area (Å²) < 4.78 is 5.67. The standard InChI is InChI=1S/C22H23N3O2S/c1-16-10-11-17(13-23-16)22-24-19(15-28-22)20-9-5-6-12-25(20)21(26)14-27-18-7-3-2-4-8-18/h2-4,7-8,10-11,13,15,20H,5-6,9,12,14H2,1H3. The van der Waals surface area contributed by atoms with E-state index >= 15 is 0 Å². The lowest BCUT2D eigenvalue weighted by atomic mass is 10.00. The molecule has 0 bridgehead atoms. The highest BCUT2D eigenvalue weighted by Gasteiger charge is 2.30. The second-order valence-corrected chi connectivity index (χ2v) is 7.82. The number of rotatable bonds is 5. The highest BCUT2D eigenvalue weighted by atomic mass is 32.1. The van der Waals surface area contributed by atoms with Crippen LogP contribution in [0.2, 0.25) is 0 Å². The Morgan fingerprint density at radius 3 is 2.86 bits per heavy atom. The van der Waals surface area contributed by atoms with Gasteiger partial charge in [-0.25, -0.2) is 4.98 Å². The number of nitrogens with zero attached hydrogens (tertiary/aromatic N) is 3. The number of hydrogen-bond acceptors (Lipinski definition) is 5. The van der Waals surface area contributed by atoms with Gasteiger partial charge in [-0.3, -0.25) is 9.78 Å². The van der Waals surface area contributed by atoms with Gasteiger partial charge in [0, 0.05) is 29.4 Å². The van der Waals surface area contributed by atoms with E-state index in [0.29, 0.717) is 5.75 Å². The number of carbonyl (C=O) groups is 1. The summed E-state index contributed by atoms with van der Waals surface area (Å²) in [5, 5.41) is 3.02. The van der Waals surface area contributed by atoms with E-state index in [-0.39, 0.29) is 18.6 Å². The molecule has 1 fully saturated rings. The third kappa shape index (κ3) is 4.22. The maximum Gasteiger partial charge on any atom is 0.261 e. The minimum Gasteiger partial charge on any atom is -0.484 e. The Kier molecular flexibility index (Phi) is 5.67. The van der Waals surface area contributed by atoms with Crippen molar-refractivity contribution in [3.05, 3.63) is 65.4 Å². The Balaban J connectivity index is 1.47. The lowest BCUT2D eigenvalue weighted by Crippen LogP contribution is -2.41. The molecule has 1 aromatic carbocycles. The molecule has 2 aromatic heterocycles. The molecule has 6 heteroatoms. The molecular formula is C22H23N3O2S. The van der Waals surface area contributed by atoms with Gasteiger partial charge >= 0.3 is 0 Å². The van der Waals surface area contributed by atoms with Gasteiger partial charge in [-0.1, -0.05) is 18.2 Å². The van der Waals surface area contributed by atoms with Crippen LogP contribution < -0.4 is 4.74 Å². The summed E-state index contributed by atoms with van der Waals surface area (Å²) in [6, 6.07) is 13.5. The highest BCUT2D eigenvalue weighted by molar-refractivity contribution is 7.13. The number of piperidine rings is 1. The van der Waals surface area contributed by atoms with Crippen LogP contribution in [-0.2, 0) is 4.79 Å². The van der Waals surface area contributed by atoms with Gasteiger partial charge in [0.15, 0.2) is 6.61 Å². The zero-order chi connectivity index (χ0) is 19.3. The topological polar surface area (TPSA) is 55.3 Å². The molecule has 5 nitrogen and oxygen atoms in total. The molecule has 1 aliphatic heterocycles. The van der Waals surface area contributed by atoms with E-state index in [1.54, 1.807) is 11.3 Å². The Morgan fingerprint density at radius 2 is 2.07 bits per heavy atom. The Hall–Kier alpha value is -2.73. The number of amides is 1. The number of hydrogen-bond donors (Lipinski definition) is 0. The fourth-order valence-corrected chi connectivity index (χ4v) is 4.31. The van der Waals surface area contributed by atoms with Crippen LogP contribution >= 0.6 is 11.3 Å². The monoisotopic (exact) mass is 393 g/mol. The van der Waals surface area contributed by atoms with Crippen molar-refractivity contribution in [1.82, 2.24) is 14.9 Å².